The number of hydrogen-bond acceptors (Lipinski definition) is 3. The highest BCUT2D eigenvalue weighted by Gasteiger charge is 2.39. The third kappa shape index (κ3) is 3.17. The SMILES string of the molecule is O=C(O)CC1CN(C2CCC3(CCCC3)CC2)CCO1. The number of aliphatic carboxylic acids is 1. The van der Waals surface area contributed by atoms with Gasteiger partial charge in [0.1, 0.15) is 0 Å². The minimum atomic E-state index is -0.745. The molecule has 3 fully saturated rings. The van der Waals surface area contributed by atoms with Crippen molar-refractivity contribution in [3.63, 3.8) is 0 Å². The maximum atomic E-state index is 10.8. The van der Waals surface area contributed by atoms with Crippen molar-refractivity contribution >= 4 is 5.97 Å². The van der Waals surface area contributed by atoms with Gasteiger partial charge in [-0.05, 0) is 43.9 Å². The van der Waals surface area contributed by atoms with E-state index in [1.807, 2.05) is 0 Å². The summed E-state index contributed by atoms with van der Waals surface area (Å²) < 4.78 is 5.58. The van der Waals surface area contributed by atoms with Gasteiger partial charge in [-0.3, -0.25) is 9.69 Å². The van der Waals surface area contributed by atoms with Crippen molar-refractivity contribution < 1.29 is 14.6 Å². The molecule has 1 heterocycles. The minimum absolute atomic E-state index is 0.108. The second-order valence-corrected chi connectivity index (χ2v) is 7.02. The van der Waals surface area contributed by atoms with E-state index in [0.717, 1.165) is 13.1 Å². The third-order valence-electron chi connectivity index (χ3n) is 5.77. The van der Waals surface area contributed by atoms with E-state index in [1.54, 1.807) is 0 Å². The maximum absolute atomic E-state index is 10.8. The molecule has 20 heavy (non-hydrogen) atoms. The lowest BCUT2D eigenvalue weighted by atomic mass is 9.71. The Hall–Kier alpha value is -0.610. The van der Waals surface area contributed by atoms with Gasteiger partial charge in [-0.25, -0.2) is 0 Å². The van der Waals surface area contributed by atoms with Crippen LogP contribution >= 0.6 is 0 Å². The Morgan fingerprint density at radius 1 is 1.20 bits per heavy atom. The van der Waals surface area contributed by atoms with Crippen LogP contribution in [0.3, 0.4) is 0 Å². The number of morpholine rings is 1. The Bertz CT molecular complexity index is 342. The van der Waals surface area contributed by atoms with Crippen molar-refractivity contribution in [1.82, 2.24) is 4.90 Å². The van der Waals surface area contributed by atoms with E-state index >= 15 is 0 Å². The van der Waals surface area contributed by atoms with Crippen LogP contribution in [0.4, 0.5) is 0 Å². The monoisotopic (exact) mass is 281 g/mol. The first-order chi connectivity index (χ1) is 9.67. The Morgan fingerprint density at radius 2 is 1.90 bits per heavy atom. The van der Waals surface area contributed by atoms with Gasteiger partial charge < -0.3 is 9.84 Å². The Balaban J connectivity index is 1.51. The molecule has 1 saturated heterocycles. The first kappa shape index (κ1) is 14.3. The molecule has 1 N–H and O–H groups in total. The molecule has 1 aliphatic heterocycles. The predicted octanol–water partition coefficient (Wildman–Crippen LogP) is 2.66. The zero-order valence-corrected chi connectivity index (χ0v) is 12.4. The summed E-state index contributed by atoms with van der Waals surface area (Å²) in [4.78, 5) is 13.3. The van der Waals surface area contributed by atoms with Crippen LogP contribution < -0.4 is 0 Å². The van der Waals surface area contributed by atoms with Gasteiger partial charge in [-0.1, -0.05) is 12.8 Å². The number of rotatable bonds is 3. The van der Waals surface area contributed by atoms with Gasteiger partial charge in [-0.15, -0.1) is 0 Å². The molecule has 1 unspecified atom stereocenters. The van der Waals surface area contributed by atoms with Gasteiger partial charge in [0.05, 0.1) is 19.1 Å². The van der Waals surface area contributed by atoms with Crippen molar-refractivity contribution in [3.05, 3.63) is 0 Å². The quantitative estimate of drug-likeness (QED) is 0.864. The highest BCUT2D eigenvalue weighted by atomic mass is 16.5. The van der Waals surface area contributed by atoms with E-state index in [9.17, 15) is 4.79 Å². The van der Waals surface area contributed by atoms with Crippen molar-refractivity contribution in [2.45, 2.75) is 69.9 Å². The van der Waals surface area contributed by atoms with Crippen LogP contribution in [0.2, 0.25) is 0 Å². The molecule has 2 saturated carbocycles. The van der Waals surface area contributed by atoms with Crippen molar-refractivity contribution in [3.8, 4) is 0 Å². The molecule has 2 aliphatic carbocycles. The van der Waals surface area contributed by atoms with Gasteiger partial charge in [0.15, 0.2) is 0 Å². The molecule has 1 spiro atoms. The third-order valence-corrected chi connectivity index (χ3v) is 5.77. The standard InChI is InChI=1S/C16H27NO3/c18-15(19)11-14-12-17(9-10-20-14)13-3-7-16(8-4-13)5-1-2-6-16/h13-14H,1-12H2,(H,18,19). The lowest BCUT2D eigenvalue weighted by Gasteiger charge is -2.44. The van der Waals surface area contributed by atoms with Gasteiger partial charge in [-0.2, -0.15) is 0 Å². The average molecular weight is 281 g/mol. The molecule has 0 aromatic carbocycles. The first-order valence-electron chi connectivity index (χ1n) is 8.24. The molecule has 0 aromatic rings. The first-order valence-corrected chi connectivity index (χ1v) is 8.24. The average Bonchev–Trinajstić information content (AvgIpc) is 2.87. The number of carboxylic acids is 1. The maximum Gasteiger partial charge on any atom is 0.306 e. The molecule has 0 aromatic heterocycles. The van der Waals surface area contributed by atoms with Crippen molar-refractivity contribution in [2.75, 3.05) is 19.7 Å². The summed E-state index contributed by atoms with van der Waals surface area (Å²) in [7, 11) is 0. The van der Waals surface area contributed by atoms with Gasteiger partial charge in [0.2, 0.25) is 0 Å². The fourth-order valence-electron chi connectivity index (χ4n) is 4.60. The summed E-state index contributed by atoms with van der Waals surface area (Å²) in [5, 5.41) is 8.90. The van der Waals surface area contributed by atoms with Crippen LogP contribution in [-0.4, -0.2) is 47.8 Å². The van der Waals surface area contributed by atoms with Crippen LogP contribution in [0.15, 0.2) is 0 Å². The highest BCUT2D eigenvalue weighted by Crippen LogP contribution is 2.49. The van der Waals surface area contributed by atoms with Crippen LogP contribution in [0.1, 0.15) is 57.8 Å². The van der Waals surface area contributed by atoms with E-state index in [0.29, 0.717) is 18.1 Å². The van der Waals surface area contributed by atoms with E-state index < -0.39 is 5.97 Å². The molecule has 1 atom stereocenters. The van der Waals surface area contributed by atoms with E-state index in [1.165, 1.54) is 51.4 Å². The Labute approximate surface area is 121 Å². The number of hydrogen-bond donors (Lipinski definition) is 1. The molecule has 4 heteroatoms. The van der Waals surface area contributed by atoms with Crippen molar-refractivity contribution in [1.29, 1.82) is 0 Å². The largest absolute Gasteiger partial charge is 0.481 e. The number of carbonyl (C=O) groups is 1. The van der Waals surface area contributed by atoms with Crippen molar-refractivity contribution in [2.24, 2.45) is 5.41 Å². The van der Waals surface area contributed by atoms with Gasteiger partial charge in [0.25, 0.3) is 0 Å². The summed E-state index contributed by atoms with van der Waals surface area (Å²) in [5.41, 5.74) is 0.684. The van der Waals surface area contributed by atoms with Crippen LogP contribution in [0.5, 0.6) is 0 Å². The zero-order valence-electron chi connectivity index (χ0n) is 12.4. The predicted molar refractivity (Wildman–Crippen MR) is 76.7 cm³/mol. The van der Waals surface area contributed by atoms with Gasteiger partial charge in [0, 0.05) is 19.1 Å². The fourth-order valence-corrected chi connectivity index (χ4v) is 4.60. The summed E-state index contributed by atoms with van der Waals surface area (Å²) >= 11 is 0. The number of nitrogens with zero attached hydrogens (tertiary/aromatic N) is 1. The zero-order chi connectivity index (χ0) is 14.0. The van der Waals surface area contributed by atoms with Crippen LogP contribution in [0, 0.1) is 5.41 Å². The van der Waals surface area contributed by atoms with Crippen LogP contribution in [0.25, 0.3) is 0 Å². The molecule has 4 nitrogen and oxygen atoms in total. The summed E-state index contributed by atoms with van der Waals surface area (Å²) in [5.74, 6) is -0.745. The normalized spacial score (nSPS) is 31.7. The van der Waals surface area contributed by atoms with E-state index in [-0.39, 0.29) is 12.5 Å². The molecular formula is C16H27NO3. The van der Waals surface area contributed by atoms with Gasteiger partial charge >= 0.3 is 5.97 Å². The topological polar surface area (TPSA) is 49.8 Å². The molecule has 0 bridgehead atoms. The highest BCUT2D eigenvalue weighted by molar-refractivity contribution is 5.67. The molecular weight excluding hydrogens is 254 g/mol. The Kier molecular flexibility index (Phi) is 4.32. The smallest absolute Gasteiger partial charge is 0.306 e. The van der Waals surface area contributed by atoms with E-state index in [4.69, 9.17) is 9.84 Å². The summed E-state index contributed by atoms with van der Waals surface area (Å²) in [6.45, 7) is 2.48. The number of ether oxygens (including phenoxy) is 1. The summed E-state index contributed by atoms with van der Waals surface area (Å²) in [6.07, 6.45) is 11.2. The molecule has 0 amide bonds. The van der Waals surface area contributed by atoms with E-state index in [2.05, 4.69) is 4.90 Å². The lowest BCUT2D eigenvalue weighted by molar-refractivity contribution is -0.142. The minimum Gasteiger partial charge on any atom is -0.481 e. The Morgan fingerprint density at radius 3 is 2.55 bits per heavy atom. The molecule has 0 radical (unpaired) electrons. The molecule has 3 rings (SSSR count). The second kappa shape index (κ2) is 6.02. The second-order valence-electron chi connectivity index (χ2n) is 7.02. The lowest BCUT2D eigenvalue weighted by Crippen LogP contribution is -2.50. The number of carboxylic acid groups (broad SMARTS) is 1. The fraction of sp³-hybridized carbons (Fsp3) is 0.938. The summed E-state index contributed by atoms with van der Waals surface area (Å²) in [6, 6.07) is 0.668. The van der Waals surface area contributed by atoms with Crippen LogP contribution in [-0.2, 0) is 9.53 Å². The molecule has 3 aliphatic rings. The molecule has 114 valence electrons.